The van der Waals surface area contributed by atoms with E-state index >= 15 is 0 Å². The second-order valence-electron chi connectivity index (χ2n) is 8.31. The van der Waals surface area contributed by atoms with E-state index in [1.165, 1.54) is 0 Å². The molecule has 176 valence electrons. The molecule has 0 spiro atoms. The molecule has 2 aromatic heterocycles. The fourth-order valence-corrected chi connectivity index (χ4v) is 4.34. The predicted octanol–water partition coefficient (Wildman–Crippen LogP) is 4.79. The summed E-state index contributed by atoms with van der Waals surface area (Å²) in [6.45, 7) is 5.75. The Kier molecular flexibility index (Phi) is 5.90. The van der Waals surface area contributed by atoms with Gasteiger partial charge in [0.2, 0.25) is 0 Å². The highest BCUT2D eigenvalue weighted by atomic mass is 35.5. The lowest BCUT2D eigenvalue weighted by Gasteiger charge is -2.33. The molecule has 0 saturated heterocycles. The third-order valence-electron chi connectivity index (χ3n) is 6.08. The quantitative estimate of drug-likeness (QED) is 0.563. The number of hydrogen-bond acceptors (Lipinski definition) is 4. The summed E-state index contributed by atoms with van der Waals surface area (Å²) in [7, 11) is 1.79. The van der Waals surface area contributed by atoms with E-state index in [0.29, 0.717) is 5.56 Å². The lowest BCUT2D eigenvalue weighted by molar-refractivity contribution is -0.173. The number of benzene rings is 1. The second-order valence-corrected chi connectivity index (χ2v) is 8.69. The Balaban J connectivity index is 1.64. The number of nitrogens with one attached hydrogen (secondary N) is 2. The van der Waals surface area contributed by atoms with Crippen LogP contribution >= 0.6 is 11.6 Å². The van der Waals surface area contributed by atoms with Crippen molar-refractivity contribution in [2.24, 2.45) is 7.05 Å². The summed E-state index contributed by atoms with van der Waals surface area (Å²) in [5.74, 6) is -0.672. The number of carbonyl (C=O) groups is 1. The van der Waals surface area contributed by atoms with Gasteiger partial charge in [0, 0.05) is 31.3 Å². The minimum absolute atomic E-state index is 0.0188. The van der Waals surface area contributed by atoms with Crippen LogP contribution in [0.1, 0.15) is 57.1 Å². The van der Waals surface area contributed by atoms with E-state index < -0.39 is 24.2 Å². The number of hydrogen-bond donors (Lipinski definition) is 2. The van der Waals surface area contributed by atoms with Crippen molar-refractivity contribution in [1.29, 1.82) is 0 Å². The number of aryl methyl sites for hydroxylation is 3. The van der Waals surface area contributed by atoms with Crippen LogP contribution in [0.2, 0.25) is 5.02 Å². The first-order valence-electron chi connectivity index (χ1n) is 10.4. The zero-order chi connectivity index (χ0) is 24.1. The van der Waals surface area contributed by atoms with Crippen LogP contribution in [0.4, 0.5) is 19.0 Å². The minimum Gasteiger partial charge on any atom is -0.362 e. The maximum absolute atomic E-state index is 13.9. The highest BCUT2D eigenvalue weighted by Gasteiger charge is 2.47. The summed E-state index contributed by atoms with van der Waals surface area (Å²) in [6.07, 6.45) is -4.83. The molecule has 0 radical (unpaired) electrons. The van der Waals surface area contributed by atoms with E-state index in [9.17, 15) is 18.0 Å². The lowest BCUT2D eigenvalue weighted by Crippen LogP contribution is -2.36. The molecule has 2 N–H and O–H groups in total. The van der Waals surface area contributed by atoms with Gasteiger partial charge < -0.3 is 10.6 Å². The van der Waals surface area contributed by atoms with Crippen molar-refractivity contribution < 1.29 is 18.0 Å². The van der Waals surface area contributed by atoms with E-state index in [0.717, 1.165) is 27.2 Å². The molecule has 1 aliphatic rings. The Labute approximate surface area is 193 Å². The van der Waals surface area contributed by atoms with Crippen molar-refractivity contribution >= 4 is 23.3 Å². The number of amides is 1. The summed E-state index contributed by atoms with van der Waals surface area (Å²) < 4.78 is 44.3. The van der Waals surface area contributed by atoms with Gasteiger partial charge in [-0.05, 0) is 26.3 Å². The molecular formula is C22H24ClF3N6O. The molecule has 33 heavy (non-hydrogen) atoms. The fourth-order valence-electron chi connectivity index (χ4n) is 4.08. The minimum atomic E-state index is -4.56. The van der Waals surface area contributed by atoms with Gasteiger partial charge in [-0.1, -0.05) is 41.4 Å². The predicted molar refractivity (Wildman–Crippen MR) is 118 cm³/mol. The van der Waals surface area contributed by atoms with Gasteiger partial charge in [-0.25, -0.2) is 4.68 Å². The van der Waals surface area contributed by atoms with Crippen LogP contribution in [-0.2, 0) is 13.6 Å². The maximum Gasteiger partial charge on any atom is 0.410 e. The molecule has 4 rings (SSSR count). The number of carbonyl (C=O) groups excluding carboxylic acids is 1. The van der Waals surface area contributed by atoms with Gasteiger partial charge in [0.1, 0.15) is 10.8 Å². The SMILES string of the molecule is Cc1ccc([C@H]2C[C@H](C(F)(F)F)n3nc(C(=O)NCc4c(C)nn(C)c4C)c(Cl)c3N2)cc1. The van der Waals surface area contributed by atoms with Crippen molar-refractivity contribution in [2.75, 3.05) is 5.32 Å². The Morgan fingerprint density at radius 1 is 1.21 bits per heavy atom. The van der Waals surface area contributed by atoms with Crippen LogP contribution in [0.5, 0.6) is 0 Å². The van der Waals surface area contributed by atoms with Crippen LogP contribution in [0.3, 0.4) is 0 Å². The average Bonchev–Trinajstić information content (AvgIpc) is 3.21. The number of aromatic nitrogens is 4. The molecule has 0 unspecified atom stereocenters. The molecule has 0 bridgehead atoms. The Bertz CT molecular complexity index is 1200. The van der Waals surface area contributed by atoms with Crippen LogP contribution in [0, 0.1) is 20.8 Å². The van der Waals surface area contributed by atoms with Crippen molar-refractivity contribution in [2.45, 2.75) is 52.0 Å². The number of anilines is 1. The molecular weight excluding hydrogens is 457 g/mol. The first-order valence-corrected chi connectivity index (χ1v) is 10.8. The molecule has 1 amide bonds. The lowest BCUT2D eigenvalue weighted by atomic mass is 9.96. The number of halogens is 4. The molecule has 3 heterocycles. The smallest absolute Gasteiger partial charge is 0.362 e. The topological polar surface area (TPSA) is 76.8 Å². The molecule has 1 aliphatic heterocycles. The van der Waals surface area contributed by atoms with Gasteiger partial charge in [0.25, 0.3) is 5.91 Å². The molecule has 0 saturated carbocycles. The molecule has 3 aromatic rings. The van der Waals surface area contributed by atoms with Gasteiger partial charge in [-0.3, -0.25) is 9.48 Å². The Hall–Kier alpha value is -3.01. The van der Waals surface area contributed by atoms with Crippen molar-refractivity contribution in [1.82, 2.24) is 24.9 Å². The first-order chi connectivity index (χ1) is 15.5. The monoisotopic (exact) mass is 480 g/mol. The Morgan fingerprint density at radius 3 is 2.45 bits per heavy atom. The largest absolute Gasteiger partial charge is 0.410 e. The standard InChI is InChI=1S/C22H24ClF3N6O/c1-11-5-7-14(8-6-11)16-9-17(22(24,25)26)32-20(28-16)18(23)19(30-32)21(33)27-10-15-12(2)29-31(4)13(15)3/h5-8,16-17,28H,9-10H2,1-4H3,(H,27,33)/t16-,17-/m1/s1. The molecule has 11 heteroatoms. The summed E-state index contributed by atoms with van der Waals surface area (Å²) in [6, 6.07) is 4.71. The zero-order valence-electron chi connectivity index (χ0n) is 18.6. The highest BCUT2D eigenvalue weighted by molar-refractivity contribution is 6.36. The number of rotatable bonds is 4. The highest BCUT2D eigenvalue weighted by Crippen LogP contribution is 2.46. The number of nitrogens with zero attached hydrogens (tertiary/aromatic N) is 4. The second kappa shape index (κ2) is 8.40. The normalized spacial score (nSPS) is 18.1. The van der Waals surface area contributed by atoms with E-state index in [2.05, 4.69) is 20.8 Å². The molecule has 1 aromatic carbocycles. The van der Waals surface area contributed by atoms with E-state index in [1.807, 2.05) is 32.9 Å². The average molecular weight is 481 g/mol. The van der Waals surface area contributed by atoms with Gasteiger partial charge in [-0.15, -0.1) is 0 Å². The summed E-state index contributed by atoms with van der Waals surface area (Å²) in [5, 5.41) is 13.9. The summed E-state index contributed by atoms with van der Waals surface area (Å²) >= 11 is 6.39. The van der Waals surface area contributed by atoms with Crippen molar-refractivity contribution in [3.63, 3.8) is 0 Å². The zero-order valence-corrected chi connectivity index (χ0v) is 19.3. The van der Waals surface area contributed by atoms with Crippen LogP contribution in [0.15, 0.2) is 24.3 Å². The first kappa shape index (κ1) is 23.2. The molecule has 7 nitrogen and oxygen atoms in total. The third kappa shape index (κ3) is 4.31. The fraction of sp³-hybridized carbons (Fsp3) is 0.409. The molecule has 0 fully saturated rings. The number of fused-ring (bicyclic) bond motifs is 1. The van der Waals surface area contributed by atoms with E-state index in [1.54, 1.807) is 23.9 Å². The van der Waals surface area contributed by atoms with Gasteiger partial charge in [-0.2, -0.15) is 23.4 Å². The van der Waals surface area contributed by atoms with Gasteiger partial charge in [0.15, 0.2) is 11.7 Å². The van der Waals surface area contributed by atoms with Gasteiger partial charge in [0.05, 0.1) is 11.7 Å². The van der Waals surface area contributed by atoms with Crippen LogP contribution in [-0.4, -0.2) is 31.6 Å². The number of alkyl halides is 3. The summed E-state index contributed by atoms with van der Waals surface area (Å²) in [5.41, 5.74) is 3.91. The summed E-state index contributed by atoms with van der Waals surface area (Å²) in [4.78, 5) is 12.8. The van der Waals surface area contributed by atoms with E-state index in [-0.39, 0.29) is 29.5 Å². The van der Waals surface area contributed by atoms with E-state index in [4.69, 9.17) is 11.6 Å². The maximum atomic E-state index is 13.9. The van der Waals surface area contributed by atoms with Crippen molar-refractivity contribution in [3.05, 3.63) is 63.1 Å². The van der Waals surface area contributed by atoms with Crippen molar-refractivity contribution in [3.8, 4) is 0 Å². The molecule has 0 aliphatic carbocycles. The Morgan fingerprint density at radius 2 is 1.88 bits per heavy atom. The van der Waals surface area contributed by atoms with Crippen LogP contribution < -0.4 is 10.6 Å². The van der Waals surface area contributed by atoms with Gasteiger partial charge >= 0.3 is 6.18 Å². The molecule has 2 atom stereocenters. The van der Waals surface area contributed by atoms with Crippen LogP contribution in [0.25, 0.3) is 0 Å². The third-order valence-corrected chi connectivity index (χ3v) is 6.43.